The van der Waals surface area contributed by atoms with Gasteiger partial charge in [0.1, 0.15) is 5.75 Å². The Kier molecular flexibility index (Phi) is 4.99. The minimum Gasteiger partial charge on any atom is -0.483 e. The average Bonchev–Trinajstić information content (AvgIpc) is 3.19. The molecule has 1 aliphatic carbocycles. The van der Waals surface area contributed by atoms with Gasteiger partial charge in [-0.25, -0.2) is 5.43 Å². The number of halogens is 2. The number of hydrazone groups is 1. The fourth-order valence-electron chi connectivity index (χ4n) is 1.51. The number of hydrogen-bond donors (Lipinski definition) is 1. The smallest absolute Gasteiger partial charge is 0.277 e. The summed E-state index contributed by atoms with van der Waals surface area (Å²) in [4.78, 5) is 11.6. The van der Waals surface area contributed by atoms with Gasteiger partial charge in [0.2, 0.25) is 0 Å². The lowest BCUT2D eigenvalue weighted by Crippen LogP contribution is -2.25. The van der Waals surface area contributed by atoms with E-state index in [9.17, 15) is 4.79 Å². The number of hydrogen-bond acceptors (Lipinski definition) is 3. The van der Waals surface area contributed by atoms with Crippen LogP contribution in [0.4, 0.5) is 0 Å². The minimum absolute atomic E-state index is 0.0539. The second kappa shape index (κ2) is 6.52. The van der Waals surface area contributed by atoms with Crippen LogP contribution < -0.4 is 10.2 Å². The molecule has 0 bridgehead atoms. The molecule has 1 fully saturated rings. The summed E-state index contributed by atoms with van der Waals surface area (Å²) in [6, 6.07) is 5.51. The van der Waals surface area contributed by atoms with Crippen molar-refractivity contribution >= 4 is 43.5 Å². The van der Waals surface area contributed by atoms with Crippen LogP contribution in [-0.4, -0.2) is 18.2 Å². The molecular formula is C13H14Br2N2O2. The van der Waals surface area contributed by atoms with Crippen molar-refractivity contribution in [2.24, 2.45) is 11.0 Å². The number of amides is 1. The highest BCUT2D eigenvalue weighted by atomic mass is 79.9. The van der Waals surface area contributed by atoms with Crippen LogP contribution in [0.3, 0.4) is 0 Å². The Bertz CT molecular complexity index is 513. The molecule has 0 aromatic heterocycles. The predicted molar refractivity (Wildman–Crippen MR) is 81.3 cm³/mol. The van der Waals surface area contributed by atoms with Gasteiger partial charge in [-0.2, -0.15) is 5.10 Å². The highest BCUT2D eigenvalue weighted by Crippen LogP contribution is 2.30. The summed E-state index contributed by atoms with van der Waals surface area (Å²) in [6.45, 7) is 1.88. The van der Waals surface area contributed by atoms with Crippen molar-refractivity contribution in [2.75, 3.05) is 6.61 Å². The normalized spacial score (nSPS) is 15.2. The molecule has 102 valence electrons. The Morgan fingerprint density at radius 1 is 1.47 bits per heavy atom. The minimum atomic E-state index is -0.255. The quantitative estimate of drug-likeness (QED) is 0.618. The lowest BCUT2D eigenvalue weighted by Gasteiger charge is -2.07. The van der Waals surface area contributed by atoms with E-state index in [1.54, 1.807) is 6.07 Å². The van der Waals surface area contributed by atoms with E-state index in [0.717, 1.165) is 14.7 Å². The molecule has 1 N–H and O–H groups in total. The third-order valence-electron chi connectivity index (χ3n) is 2.78. The molecule has 0 atom stereocenters. The van der Waals surface area contributed by atoms with E-state index >= 15 is 0 Å². The maximum atomic E-state index is 11.6. The zero-order valence-electron chi connectivity index (χ0n) is 10.5. The molecule has 2 rings (SSSR count). The topological polar surface area (TPSA) is 50.7 Å². The van der Waals surface area contributed by atoms with Crippen molar-refractivity contribution in [3.05, 3.63) is 27.1 Å². The molecule has 0 saturated heterocycles. The molecular weight excluding hydrogens is 376 g/mol. The van der Waals surface area contributed by atoms with Gasteiger partial charge in [-0.3, -0.25) is 4.79 Å². The van der Waals surface area contributed by atoms with Crippen LogP contribution in [0.1, 0.15) is 19.8 Å². The maximum Gasteiger partial charge on any atom is 0.277 e. The maximum absolute atomic E-state index is 11.6. The van der Waals surface area contributed by atoms with Crippen LogP contribution in [0.25, 0.3) is 0 Å². The number of nitrogens with one attached hydrogen (secondary N) is 1. The SMILES string of the molecule is C/C(=N\NC(=O)COc1ccc(Br)cc1Br)C1CC1. The van der Waals surface area contributed by atoms with Gasteiger partial charge in [0, 0.05) is 10.2 Å². The van der Waals surface area contributed by atoms with Crippen molar-refractivity contribution in [1.82, 2.24) is 5.43 Å². The monoisotopic (exact) mass is 388 g/mol. The van der Waals surface area contributed by atoms with Gasteiger partial charge < -0.3 is 4.74 Å². The zero-order chi connectivity index (χ0) is 13.8. The van der Waals surface area contributed by atoms with Crippen LogP contribution in [0.5, 0.6) is 5.75 Å². The van der Waals surface area contributed by atoms with Crippen molar-refractivity contribution in [3.8, 4) is 5.75 Å². The molecule has 19 heavy (non-hydrogen) atoms. The third-order valence-corrected chi connectivity index (χ3v) is 3.89. The Morgan fingerprint density at radius 3 is 2.84 bits per heavy atom. The third kappa shape index (κ3) is 4.62. The molecule has 1 saturated carbocycles. The first-order valence-corrected chi connectivity index (χ1v) is 7.55. The summed E-state index contributed by atoms with van der Waals surface area (Å²) in [5, 5.41) is 4.05. The molecule has 0 aliphatic heterocycles. The highest BCUT2D eigenvalue weighted by molar-refractivity contribution is 9.11. The second-order valence-electron chi connectivity index (χ2n) is 4.43. The van der Waals surface area contributed by atoms with E-state index < -0.39 is 0 Å². The Balaban J connectivity index is 1.81. The van der Waals surface area contributed by atoms with Crippen LogP contribution >= 0.6 is 31.9 Å². The Morgan fingerprint density at radius 2 is 2.21 bits per heavy atom. The molecule has 1 aromatic carbocycles. The first-order valence-electron chi connectivity index (χ1n) is 5.97. The van der Waals surface area contributed by atoms with Crippen LogP contribution in [-0.2, 0) is 4.79 Å². The summed E-state index contributed by atoms with van der Waals surface area (Å²) in [5.74, 6) is 0.929. The molecule has 6 heteroatoms. The zero-order valence-corrected chi connectivity index (χ0v) is 13.6. The number of carbonyl (C=O) groups excluding carboxylic acids is 1. The fourth-order valence-corrected chi connectivity index (χ4v) is 2.67. The number of carbonyl (C=O) groups is 1. The molecule has 0 heterocycles. The lowest BCUT2D eigenvalue weighted by atomic mass is 10.3. The van der Waals surface area contributed by atoms with Gasteiger partial charge in [-0.1, -0.05) is 15.9 Å². The first kappa shape index (κ1) is 14.5. The van der Waals surface area contributed by atoms with Crippen molar-refractivity contribution in [1.29, 1.82) is 0 Å². The van der Waals surface area contributed by atoms with E-state index in [0.29, 0.717) is 11.7 Å². The van der Waals surface area contributed by atoms with Gasteiger partial charge in [0.05, 0.1) is 4.47 Å². The first-order chi connectivity index (χ1) is 9.06. The lowest BCUT2D eigenvalue weighted by molar-refractivity contribution is -0.123. The second-order valence-corrected chi connectivity index (χ2v) is 6.20. The van der Waals surface area contributed by atoms with Crippen LogP contribution in [0.2, 0.25) is 0 Å². The summed E-state index contributed by atoms with van der Waals surface area (Å²) in [6.07, 6.45) is 2.35. The summed E-state index contributed by atoms with van der Waals surface area (Å²) < 4.78 is 7.16. The molecule has 0 spiro atoms. The number of nitrogens with zero attached hydrogens (tertiary/aromatic N) is 1. The van der Waals surface area contributed by atoms with Gasteiger partial charge >= 0.3 is 0 Å². The number of rotatable bonds is 5. The van der Waals surface area contributed by atoms with E-state index in [1.165, 1.54) is 12.8 Å². The fraction of sp³-hybridized carbons (Fsp3) is 0.385. The summed E-state index contributed by atoms with van der Waals surface area (Å²) in [7, 11) is 0. The van der Waals surface area contributed by atoms with Gasteiger partial charge in [0.15, 0.2) is 6.61 Å². The predicted octanol–water partition coefficient (Wildman–Crippen LogP) is 3.49. The van der Waals surface area contributed by atoms with Gasteiger partial charge in [-0.05, 0) is 59.8 Å². The average molecular weight is 390 g/mol. The summed E-state index contributed by atoms with van der Waals surface area (Å²) in [5.41, 5.74) is 3.49. The van der Waals surface area contributed by atoms with Crippen molar-refractivity contribution in [2.45, 2.75) is 19.8 Å². The van der Waals surface area contributed by atoms with Crippen molar-refractivity contribution < 1.29 is 9.53 Å². The summed E-state index contributed by atoms with van der Waals surface area (Å²) >= 11 is 6.73. The number of ether oxygens (including phenoxy) is 1. The highest BCUT2D eigenvalue weighted by Gasteiger charge is 2.24. The van der Waals surface area contributed by atoms with E-state index in [-0.39, 0.29) is 12.5 Å². The molecule has 1 aromatic rings. The Labute approximate surface area is 128 Å². The molecule has 1 aliphatic rings. The van der Waals surface area contributed by atoms with Crippen LogP contribution in [0.15, 0.2) is 32.2 Å². The molecule has 0 radical (unpaired) electrons. The standard InChI is InChI=1S/C13H14Br2N2O2/c1-8(9-2-3-9)16-17-13(18)7-19-12-5-4-10(14)6-11(12)15/h4-6,9H,2-3,7H2,1H3,(H,17,18)/b16-8+. The van der Waals surface area contributed by atoms with E-state index in [2.05, 4.69) is 42.4 Å². The van der Waals surface area contributed by atoms with E-state index in [4.69, 9.17) is 4.74 Å². The largest absolute Gasteiger partial charge is 0.483 e. The molecule has 0 unspecified atom stereocenters. The van der Waals surface area contributed by atoms with Gasteiger partial charge in [0.25, 0.3) is 5.91 Å². The number of benzene rings is 1. The van der Waals surface area contributed by atoms with Crippen molar-refractivity contribution in [3.63, 3.8) is 0 Å². The molecule has 1 amide bonds. The Hall–Kier alpha value is -0.880. The van der Waals surface area contributed by atoms with Crippen LogP contribution in [0, 0.1) is 5.92 Å². The molecule has 4 nitrogen and oxygen atoms in total. The van der Waals surface area contributed by atoms with Gasteiger partial charge in [-0.15, -0.1) is 0 Å². The van der Waals surface area contributed by atoms with E-state index in [1.807, 2.05) is 19.1 Å².